The summed E-state index contributed by atoms with van der Waals surface area (Å²) in [7, 11) is -6.23. The van der Waals surface area contributed by atoms with Gasteiger partial charge >= 0.3 is 8.10 Å². The van der Waals surface area contributed by atoms with Crippen molar-refractivity contribution in [3.8, 4) is 0 Å². The molecule has 2 spiro atoms. The SMILES string of the molecule is CCN1CCCN(CC)P12=N[P+](=O)NP1(=N2)N(CC)CCCN1CC. The third-order valence-electron chi connectivity index (χ3n) is 5.34. The average molecular weight is 408 g/mol. The van der Waals surface area contributed by atoms with Gasteiger partial charge in [-0.1, -0.05) is 27.7 Å². The first-order valence-corrected chi connectivity index (χ1v) is 14.0. The summed E-state index contributed by atoms with van der Waals surface area (Å²) in [4.78, 5) is 3.41. The van der Waals surface area contributed by atoms with Crippen LogP contribution in [0, 0.1) is 0 Å². The summed E-state index contributed by atoms with van der Waals surface area (Å²) in [6.45, 7) is 16.5. The molecule has 0 aromatic carbocycles. The lowest BCUT2D eigenvalue weighted by Gasteiger charge is -2.49. The number of nitrogens with one attached hydrogen (secondary N) is 1. The molecule has 1 N–H and O–H groups in total. The molecule has 0 bridgehead atoms. The van der Waals surface area contributed by atoms with E-state index in [4.69, 9.17) is 9.03 Å². The molecule has 25 heavy (non-hydrogen) atoms. The molecule has 2 saturated heterocycles. The van der Waals surface area contributed by atoms with Crippen LogP contribution >= 0.6 is 23.1 Å². The van der Waals surface area contributed by atoms with E-state index >= 15 is 0 Å². The molecule has 3 heterocycles. The number of nitrogens with zero attached hydrogens (tertiary/aromatic N) is 6. The van der Waals surface area contributed by atoms with Crippen LogP contribution in [0.4, 0.5) is 0 Å². The summed E-state index contributed by atoms with van der Waals surface area (Å²) >= 11 is 0. The maximum atomic E-state index is 13.0. The van der Waals surface area contributed by atoms with Crippen molar-refractivity contribution in [2.75, 3.05) is 52.4 Å². The predicted octanol–water partition coefficient (Wildman–Crippen LogP) is 4.23. The van der Waals surface area contributed by atoms with Gasteiger partial charge in [-0.05, 0) is 22.3 Å². The molecule has 0 aliphatic carbocycles. The molecular weight excluding hydrogens is 375 g/mol. The molecule has 0 saturated carbocycles. The van der Waals surface area contributed by atoms with Crippen LogP contribution in [-0.4, -0.2) is 71.0 Å². The van der Waals surface area contributed by atoms with Crippen molar-refractivity contribution in [2.24, 2.45) is 9.03 Å². The monoisotopic (exact) mass is 408 g/mol. The highest BCUT2D eigenvalue weighted by Crippen LogP contribution is 2.75. The lowest BCUT2D eigenvalue weighted by atomic mass is 10.4. The maximum Gasteiger partial charge on any atom is 0.597 e. The zero-order valence-corrected chi connectivity index (χ0v) is 18.7. The second kappa shape index (κ2) is 8.16. The standard InChI is InChI=1S/C14H33N7OP3/c1-5-18-11-9-12-19(6-2)24(18)15-23(22)16-25(17-24)20(7-3)13-10-14-21(25)8-4/h5-14H2,1-4H3,(H,15,22)/q+1. The van der Waals surface area contributed by atoms with Gasteiger partial charge in [0.25, 0.3) is 7.51 Å². The van der Waals surface area contributed by atoms with E-state index in [-0.39, 0.29) is 0 Å². The van der Waals surface area contributed by atoms with Gasteiger partial charge in [-0.3, -0.25) is 0 Å². The topological polar surface area (TPSA) is 66.8 Å². The third-order valence-corrected chi connectivity index (χ3v) is 15.7. The Balaban J connectivity index is 2.23. The van der Waals surface area contributed by atoms with Gasteiger partial charge in [-0.15, -0.1) is 0 Å². The molecule has 1 unspecified atom stereocenters. The Morgan fingerprint density at radius 1 is 0.840 bits per heavy atom. The zero-order chi connectivity index (χ0) is 18.1. The van der Waals surface area contributed by atoms with Crippen LogP contribution in [0.3, 0.4) is 0 Å². The molecular formula is C14H33N7OP3+. The van der Waals surface area contributed by atoms with E-state index in [1.165, 1.54) is 0 Å². The van der Waals surface area contributed by atoms with E-state index < -0.39 is 23.1 Å². The summed E-state index contributed by atoms with van der Waals surface area (Å²) in [6, 6.07) is 0. The van der Waals surface area contributed by atoms with Gasteiger partial charge in [-0.2, -0.15) is 4.52 Å². The van der Waals surface area contributed by atoms with Crippen molar-refractivity contribution in [1.29, 1.82) is 0 Å². The summed E-state index contributed by atoms with van der Waals surface area (Å²) in [5.41, 5.74) is 0. The number of hydrogen-bond acceptors (Lipinski definition) is 6. The highest BCUT2D eigenvalue weighted by atomic mass is 31.3. The molecule has 3 rings (SSSR count). The molecule has 1 atom stereocenters. The van der Waals surface area contributed by atoms with Crippen molar-refractivity contribution in [1.82, 2.24) is 23.5 Å². The fourth-order valence-electron chi connectivity index (χ4n) is 4.10. The highest BCUT2D eigenvalue weighted by molar-refractivity contribution is 7.80. The lowest BCUT2D eigenvalue weighted by molar-refractivity contribution is 0.314. The molecule has 144 valence electrons. The minimum atomic E-state index is -2.26. The molecule has 0 aromatic heterocycles. The first-order valence-electron chi connectivity index (χ1n) is 9.59. The first kappa shape index (κ1) is 20.1. The van der Waals surface area contributed by atoms with Crippen LogP contribution < -0.4 is 4.86 Å². The fraction of sp³-hybridized carbons (Fsp3) is 1.00. The third kappa shape index (κ3) is 3.34. The Morgan fingerprint density at radius 2 is 1.28 bits per heavy atom. The molecule has 0 radical (unpaired) electrons. The number of hydrogen-bond donors (Lipinski definition) is 1. The van der Waals surface area contributed by atoms with E-state index in [0.717, 1.165) is 65.2 Å². The molecule has 11 heteroatoms. The minimum absolute atomic E-state index is 0.915. The first-order chi connectivity index (χ1) is 12.1. The van der Waals surface area contributed by atoms with Crippen molar-refractivity contribution in [3.05, 3.63) is 0 Å². The molecule has 2 fully saturated rings. The quantitative estimate of drug-likeness (QED) is 0.702. The van der Waals surface area contributed by atoms with E-state index in [1.807, 2.05) is 0 Å². The summed E-state index contributed by atoms with van der Waals surface area (Å²) in [5, 5.41) is 0. The minimum Gasteiger partial charge on any atom is -0.243 e. The van der Waals surface area contributed by atoms with Crippen LogP contribution in [0.2, 0.25) is 0 Å². The summed E-state index contributed by atoms with van der Waals surface area (Å²) < 4.78 is 33.2. The second-order valence-electron chi connectivity index (χ2n) is 6.55. The van der Waals surface area contributed by atoms with E-state index in [1.54, 1.807) is 0 Å². The van der Waals surface area contributed by atoms with Gasteiger partial charge < -0.3 is 0 Å². The van der Waals surface area contributed by atoms with Crippen molar-refractivity contribution < 1.29 is 4.57 Å². The molecule has 0 aromatic rings. The fourth-order valence-corrected chi connectivity index (χ4v) is 16.4. The van der Waals surface area contributed by atoms with Gasteiger partial charge in [-0.25, -0.2) is 18.7 Å². The largest absolute Gasteiger partial charge is 0.597 e. The van der Waals surface area contributed by atoms with Crippen LogP contribution in [0.25, 0.3) is 0 Å². The van der Waals surface area contributed by atoms with Crippen LogP contribution in [0.5, 0.6) is 0 Å². The average Bonchev–Trinajstić information content (AvgIpc) is 2.61. The number of rotatable bonds is 4. The van der Waals surface area contributed by atoms with E-state index in [9.17, 15) is 4.57 Å². The Kier molecular flexibility index (Phi) is 6.56. The predicted molar refractivity (Wildman–Crippen MR) is 108 cm³/mol. The van der Waals surface area contributed by atoms with Crippen molar-refractivity contribution >= 4 is 23.1 Å². The van der Waals surface area contributed by atoms with E-state index in [0.29, 0.717) is 0 Å². The lowest BCUT2D eigenvalue weighted by Crippen LogP contribution is -2.45. The Morgan fingerprint density at radius 3 is 1.72 bits per heavy atom. The smallest absolute Gasteiger partial charge is 0.243 e. The Bertz CT molecular complexity index is 594. The summed E-state index contributed by atoms with van der Waals surface area (Å²) in [6.07, 6.45) is 2.29. The second-order valence-corrected chi connectivity index (χ2v) is 13.8. The zero-order valence-electron chi connectivity index (χ0n) is 16.0. The summed E-state index contributed by atoms with van der Waals surface area (Å²) in [5.74, 6) is 0. The molecule has 8 nitrogen and oxygen atoms in total. The van der Waals surface area contributed by atoms with Crippen molar-refractivity contribution in [3.63, 3.8) is 0 Å². The van der Waals surface area contributed by atoms with Crippen molar-refractivity contribution in [2.45, 2.75) is 40.5 Å². The van der Waals surface area contributed by atoms with Crippen LogP contribution in [-0.2, 0) is 4.57 Å². The van der Waals surface area contributed by atoms with Crippen LogP contribution in [0.1, 0.15) is 40.5 Å². The highest BCUT2D eigenvalue weighted by Gasteiger charge is 2.53. The maximum absolute atomic E-state index is 13.0. The molecule has 3 aliphatic rings. The van der Waals surface area contributed by atoms with Gasteiger partial charge in [0.05, 0.1) is 0 Å². The van der Waals surface area contributed by atoms with Gasteiger partial charge in [0, 0.05) is 56.9 Å². The Labute approximate surface area is 153 Å². The van der Waals surface area contributed by atoms with Crippen LogP contribution in [0.15, 0.2) is 9.03 Å². The van der Waals surface area contributed by atoms with E-state index in [2.05, 4.69) is 51.2 Å². The van der Waals surface area contributed by atoms with Gasteiger partial charge in [0.15, 0.2) is 0 Å². The normalized spacial score (nSPS) is 29.7. The molecule has 0 amide bonds. The van der Waals surface area contributed by atoms with Gasteiger partial charge in [0.1, 0.15) is 0 Å². The molecule has 3 aliphatic heterocycles. The van der Waals surface area contributed by atoms with Gasteiger partial charge in [0.2, 0.25) is 7.51 Å². The Hall–Kier alpha value is 0.360.